The van der Waals surface area contributed by atoms with Crippen molar-refractivity contribution in [1.82, 2.24) is 30.1 Å². The monoisotopic (exact) mass is 412 g/mol. The average Bonchev–Trinajstić information content (AvgIpc) is 3.30. The molecule has 0 saturated heterocycles. The maximum absolute atomic E-state index is 13.2. The molecule has 0 spiro atoms. The molecule has 1 saturated carbocycles. The number of amides is 1. The van der Waals surface area contributed by atoms with Gasteiger partial charge in [-0.15, -0.1) is 0 Å². The molecule has 1 aliphatic rings. The summed E-state index contributed by atoms with van der Waals surface area (Å²) >= 11 is 0. The number of carbonyl (C=O) groups excluding carboxylic acids is 1. The molecule has 0 atom stereocenters. The first-order valence-electron chi connectivity index (χ1n) is 9.96. The van der Waals surface area contributed by atoms with Gasteiger partial charge in [0.15, 0.2) is 5.82 Å². The molecule has 4 aromatic rings. The Morgan fingerprint density at radius 2 is 1.61 bits per heavy atom. The molecular formula is C22H20N8O. The van der Waals surface area contributed by atoms with Crippen molar-refractivity contribution in [3.63, 3.8) is 0 Å². The Hall–Kier alpha value is -4.14. The SMILES string of the molecule is Nc1ncc(-c2ccc(C3(C(=O)Nc4ccc(-c5ncn[nH]5)cn4)CCC3)cc2)cn1. The standard InChI is InChI=1S/C22H20N8O/c23-21-25-11-16(12-26-21)14-2-5-17(6-3-14)22(8-1-9-22)20(31)29-18-7-4-15(10-24-18)19-27-13-28-30-19/h2-7,10-13H,1,8-9H2,(H2,23,25,26)(H,24,29,31)(H,27,28,30). The number of hydrogen-bond acceptors (Lipinski definition) is 7. The van der Waals surface area contributed by atoms with Gasteiger partial charge in [-0.2, -0.15) is 5.10 Å². The molecule has 1 fully saturated rings. The molecule has 31 heavy (non-hydrogen) atoms. The fourth-order valence-corrected chi connectivity index (χ4v) is 3.83. The maximum Gasteiger partial charge on any atom is 0.236 e. The molecule has 0 radical (unpaired) electrons. The summed E-state index contributed by atoms with van der Waals surface area (Å²) in [7, 11) is 0. The highest BCUT2D eigenvalue weighted by atomic mass is 16.2. The predicted octanol–water partition coefficient (Wildman–Crippen LogP) is 2.97. The van der Waals surface area contributed by atoms with E-state index in [0.717, 1.165) is 41.5 Å². The van der Waals surface area contributed by atoms with E-state index in [1.807, 2.05) is 30.3 Å². The highest BCUT2D eigenvalue weighted by molar-refractivity contribution is 5.99. The van der Waals surface area contributed by atoms with E-state index < -0.39 is 5.41 Å². The number of nitrogens with one attached hydrogen (secondary N) is 2. The Morgan fingerprint density at radius 1 is 0.903 bits per heavy atom. The number of pyridine rings is 1. The molecule has 0 unspecified atom stereocenters. The van der Waals surface area contributed by atoms with Crippen molar-refractivity contribution in [2.75, 3.05) is 11.1 Å². The predicted molar refractivity (Wildman–Crippen MR) is 116 cm³/mol. The van der Waals surface area contributed by atoms with Crippen LogP contribution in [-0.2, 0) is 10.2 Å². The zero-order valence-electron chi connectivity index (χ0n) is 16.6. The van der Waals surface area contributed by atoms with Crippen LogP contribution in [-0.4, -0.2) is 36.0 Å². The second kappa shape index (κ2) is 7.60. The molecular weight excluding hydrogens is 392 g/mol. The average molecular weight is 412 g/mol. The van der Waals surface area contributed by atoms with Gasteiger partial charge in [-0.25, -0.2) is 19.9 Å². The van der Waals surface area contributed by atoms with Crippen molar-refractivity contribution in [1.29, 1.82) is 0 Å². The van der Waals surface area contributed by atoms with Gasteiger partial charge in [-0.1, -0.05) is 30.7 Å². The van der Waals surface area contributed by atoms with Crippen molar-refractivity contribution < 1.29 is 4.79 Å². The number of nitrogens with two attached hydrogens (primary N) is 1. The van der Waals surface area contributed by atoms with Gasteiger partial charge < -0.3 is 11.1 Å². The van der Waals surface area contributed by atoms with Crippen LogP contribution < -0.4 is 11.1 Å². The van der Waals surface area contributed by atoms with Crippen LogP contribution in [0.1, 0.15) is 24.8 Å². The third kappa shape index (κ3) is 3.50. The van der Waals surface area contributed by atoms with Crippen LogP contribution in [0.2, 0.25) is 0 Å². The van der Waals surface area contributed by atoms with Gasteiger partial charge in [-0.05, 0) is 36.1 Å². The molecule has 3 aromatic heterocycles. The lowest BCUT2D eigenvalue weighted by Gasteiger charge is -2.40. The fourth-order valence-electron chi connectivity index (χ4n) is 3.83. The summed E-state index contributed by atoms with van der Waals surface area (Å²) < 4.78 is 0. The lowest BCUT2D eigenvalue weighted by Crippen LogP contribution is -2.46. The molecule has 9 nitrogen and oxygen atoms in total. The smallest absolute Gasteiger partial charge is 0.236 e. The minimum absolute atomic E-state index is 0.0396. The Kier molecular flexibility index (Phi) is 4.62. The molecule has 1 aromatic carbocycles. The van der Waals surface area contributed by atoms with E-state index >= 15 is 0 Å². The van der Waals surface area contributed by atoms with Crippen molar-refractivity contribution in [2.45, 2.75) is 24.7 Å². The molecule has 3 heterocycles. The molecule has 5 rings (SSSR count). The Labute approximate surface area is 178 Å². The second-order valence-electron chi connectivity index (χ2n) is 7.56. The van der Waals surface area contributed by atoms with Crippen LogP contribution in [0.15, 0.2) is 61.3 Å². The number of aromatic amines is 1. The van der Waals surface area contributed by atoms with Gasteiger partial charge in [0.25, 0.3) is 0 Å². The number of anilines is 2. The van der Waals surface area contributed by atoms with Gasteiger partial charge in [-0.3, -0.25) is 9.89 Å². The summed E-state index contributed by atoms with van der Waals surface area (Å²) in [5.74, 6) is 1.35. The van der Waals surface area contributed by atoms with Crippen LogP contribution in [0.4, 0.5) is 11.8 Å². The fraction of sp³-hybridized carbons (Fsp3) is 0.182. The number of hydrogen-bond donors (Lipinski definition) is 3. The van der Waals surface area contributed by atoms with Gasteiger partial charge in [0, 0.05) is 29.7 Å². The Bertz CT molecular complexity index is 1180. The third-order valence-corrected chi connectivity index (χ3v) is 5.78. The van der Waals surface area contributed by atoms with Gasteiger partial charge in [0.05, 0.1) is 5.41 Å². The van der Waals surface area contributed by atoms with Gasteiger partial charge in [0.1, 0.15) is 12.1 Å². The zero-order chi connectivity index (χ0) is 21.3. The number of aromatic nitrogens is 6. The van der Waals surface area contributed by atoms with E-state index in [0.29, 0.717) is 11.6 Å². The van der Waals surface area contributed by atoms with E-state index in [-0.39, 0.29) is 11.9 Å². The van der Waals surface area contributed by atoms with E-state index in [1.54, 1.807) is 24.7 Å². The van der Waals surface area contributed by atoms with Crippen LogP contribution in [0.25, 0.3) is 22.5 Å². The lowest BCUT2D eigenvalue weighted by atomic mass is 9.63. The number of benzene rings is 1. The zero-order valence-corrected chi connectivity index (χ0v) is 16.6. The minimum Gasteiger partial charge on any atom is -0.368 e. The summed E-state index contributed by atoms with van der Waals surface area (Å²) in [4.78, 5) is 29.7. The first-order valence-corrected chi connectivity index (χ1v) is 9.96. The second-order valence-corrected chi connectivity index (χ2v) is 7.56. The van der Waals surface area contributed by atoms with Gasteiger partial charge >= 0.3 is 0 Å². The summed E-state index contributed by atoms with van der Waals surface area (Å²) in [6.45, 7) is 0. The maximum atomic E-state index is 13.2. The van der Waals surface area contributed by atoms with Crippen molar-refractivity contribution in [3.05, 3.63) is 66.9 Å². The molecule has 4 N–H and O–H groups in total. The van der Waals surface area contributed by atoms with Crippen molar-refractivity contribution in [3.8, 4) is 22.5 Å². The van der Waals surface area contributed by atoms with Crippen molar-refractivity contribution >= 4 is 17.7 Å². The minimum atomic E-state index is -0.540. The summed E-state index contributed by atoms with van der Waals surface area (Å²) in [5, 5.41) is 9.61. The summed E-state index contributed by atoms with van der Waals surface area (Å²) in [6.07, 6.45) is 9.11. The molecule has 0 aliphatic heterocycles. The highest BCUT2D eigenvalue weighted by Gasteiger charge is 2.45. The van der Waals surface area contributed by atoms with Gasteiger partial charge in [0.2, 0.25) is 11.9 Å². The third-order valence-electron chi connectivity index (χ3n) is 5.78. The van der Waals surface area contributed by atoms with Crippen LogP contribution in [0.3, 0.4) is 0 Å². The topological polar surface area (TPSA) is 135 Å². The summed E-state index contributed by atoms with van der Waals surface area (Å²) in [5.41, 5.74) is 8.67. The number of carbonyl (C=O) groups is 1. The van der Waals surface area contributed by atoms with E-state index in [2.05, 4.69) is 35.5 Å². The van der Waals surface area contributed by atoms with E-state index in [9.17, 15) is 4.79 Å². The quantitative estimate of drug-likeness (QED) is 0.458. The van der Waals surface area contributed by atoms with E-state index in [1.165, 1.54) is 6.33 Å². The summed E-state index contributed by atoms with van der Waals surface area (Å²) in [6, 6.07) is 11.6. The Morgan fingerprint density at radius 3 is 2.19 bits per heavy atom. The Balaban J connectivity index is 1.34. The molecule has 154 valence electrons. The van der Waals surface area contributed by atoms with Crippen LogP contribution >= 0.6 is 0 Å². The first kappa shape index (κ1) is 18.9. The first-order chi connectivity index (χ1) is 15.1. The van der Waals surface area contributed by atoms with E-state index in [4.69, 9.17) is 5.73 Å². The van der Waals surface area contributed by atoms with Crippen LogP contribution in [0.5, 0.6) is 0 Å². The van der Waals surface area contributed by atoms with Crippen LogP contribution in [0, 0.1) is 0 Å². The number of rotatable bonds is 5. The normalized spacial score (nSPS) is 14.6. The highest BCUT2D eigenvalue weighted by Crippen LogP contribution is 2.45. The number of nitrogens with zero attached hydrogens (tertiary/aromatic N) is 5. The molecule has 1 amide bonds. The lowest BCUT2D eigenvalue weighted by molar-refractivity contribution is -0.124. The molecule has 1 aliphatic carbocycles. The largest absolute Gasteiger partial charge is 0.368 e. The molecule has 0 bridgehead atoms. The van der Waals surface area contributed by atoms with Crippen molar-refractivity contribution in [2.24, 2.45) is 0 Å². The number of nitrogen functional groups attached to an aromatic ring is 1. The number of H-pyrrole nitrogens is 1. The molecule has 9 heteroatoms.